The van der Waals surface area contributed by atoms with Crippen LogP contribution in [0.25, 0.3) is 0 Å². The molecule has 0 saturated carbocycles. The number of aliphatic hydroxyl groups excluding tert-OH is 1. The zero-order valence-corrected chi connectivity index (χ0v) is 8.94. The van der Waals surface area contributed by atoms with Gasteiger partial charge in [0, 0.05) is 19.6 Å². The molecule has 0 unspecified atom stereocenters. The molecule has 1 aromatic carbocycles. The lowest BCUT2D eigenvalue weighted by Crippen LogP contribution is -2.49. The van der Waals surface area contributed by atoms with Crippen molar-refractivity contribution in [2.24, 2.45) is 0 Å². The maximum absolute atomic E-state index is 12.0. The van der Waals surface area contributed by atoms with E-state index in [4.69, 9.17) is 5.11 Å². The van der Waals surface area contributed by atoms with Gasteiger partial charge in [0.2, 0.25) is 0 Å². The molecular weight excluding hydrogens is 235 g/mol. The molecule has 1 saturated heterocycles. The van der Waals surface area contributed by atoms with Gasteiger partial charge in [-0.3, -0.25) is 4.90 Å². The van der Waals surface area contributed by atoms with Gasteiger partial charge in [-0.15, -0.1) is 13.2 Å². The van der Waals surface area contributed by atoms with E-state index in [1.165, 1.54) is 18.2 Å². The van der Waals surface area contributed by atoms with Gasteiger partial charge in [0.1, 0.15) is 5.75 Å². The number of β-amino-alcohol motifs (C(OH)–C–C–N with tert-alkyl or cyclic N) is 1. The number of hydrogen-bond acceptors (Lipinski definition) is 3. The predicted molar refractivity (Wildman–Crippen MR) is 54.4 cm³/mol. The molecule has 1 aromatic rings. The van der Waals surface area contributed by atoms with E-state index in [9.17, 15) is 13.2 Å². The standard InChI is InChI=1S/C11H12F3NO2/c12-11(13,14)17-10-3-1-2-8(4-10)5-15-6-9(16)7-15/h1-4,9,16H,5-7H2. The molecule has 0 aliphatic carbocycles. The fourth-order valence-corrected chi connectivity index (χ4v) is 1.77. The smallest absolute Gasteiger partial charge is 0.406 e. The van der Waals surface area contributed by atoms with E-state index in [1.807, 2.05) is 4.90 Å². The lowest BCUT2D eigenvalue weighted by molar-refractivity contribution is -0.274. The van der Waals surface area contributed by atoms with Crippen LogP contribution in [0.4, 0.5) is 13.2 Å². The second kappa shape index (κ2) is 4.54. The summed E-state index contributed by atoms with van der Waals surface area (Å²) in [5.41, 5.74) is 0.735. The van der Waals surface area contributed by atoms with Crippen LogP contribution in [0, 0.1) is 0 Å². The quantitative estimate of drug-likeness (QED) is 0.883. The van der Waals surface area contributed by atoms with E-state index in [-0.39, 0.29) is 11.9 Å². The molecule has 6 heteroatoms. The first-order valence-corrected chi connectivity index (χ1v) is 5.17. The fourth-order valence-electron chi connectivity index (χ4n) is 1.77. The zero-order chi connectivity index (χ0) is 12.5. The molecule has 94 valence electrons. The Morgan fingerprint density at radius 1 is 1.35 bits per heavy atom. The van der Waals surface area contributed by atoms with Crippen molar-refractivity contribution in [1.82, 2.24) is 4.90 Å². The summed E-state index contributed by atoms with van der Waals surface area (Å²) in [5, 5.41) is 9.09. The van der Waals surface area contributed by atoms with E-state index in [1.54, 1.807) is 6.07 Å². The molecule has 1 fully saturated rings. The molecule has 1 aliphatic heterocycles. The SMILES string of the molecule is OC1CN(Cc2cccc(OC(F)(F)F)c2)C1. The third-order valence-corrected chi connectivity index (χ3v) is 2.48. The van der Waals surface area contributed by atoms with Crippen LogP contribution in [0.5, 0.6) is 5.75 Å². The van der Waals surface area contributed by atoms with E-state index in [2.05, 4.69) is 4.74 Å². The number of likely N-dealkylation sites (tertiary alicyclic amines) is 1. The molecule has 2 rings (SSSR count). The van der Waals surface area contributed by atoms with Crippen molar-refractivity contribution >= 4 is 0 Å². The van der Waals surface area contributed by atoms with Crippen molar-refractivity contribution in [3.63, 3.8) is 0 Å². The highest BCUT2D eigenvalue weighted by molar-refractivity contribution is 5.28. The predicted octanol–water partition coefficient (Wildman–Crippen LogP) is 1.76. The first-order valence-electron chi connectivity index (χ1n) is 5.17. The van der Waals surface area contributed by atoms with Crippen molar-refractivity contribution in [2.45, 2.75) is 19.0 Å². The summed E-state index contributed by atoms with van der Waals surface area (Å²) in [5.74, 6) is -0.212. The summed E-state index contributed by atoms with van der Waals surface area (Å²) >= 11 is 0. The van der Waals surface area contributed by atoms with Gasteiger partial charge in [-0.1, -0.05) is 12.1 Å². The summed E-state index contributed by atoms with van der Waals surface area (Å²) < 4.78 is 39.8. The minimum atomic E-state index is -4.66. The number of rotatable bonds is 3. The molecule has 1 N–H and O–H groups in total. The molecule has 1 aliphatic rings. The van der Waals surface area contributed by atoms with Crippen molar-refractivity contribution in [1.29, 1.82) is 0 Å². The monoisotopic (exact) mass is 247 g/mol. The third-order valence-electron chi connectivity index (χ3n) is 2.48. The van der Waals surface area contributed by atoms with Gasteiger partial charge in [-0.25, -0.2) is 0 Å². The molecular formula is C11H12F3NO2. The van der Waals surface area contributed by atoms with Gasteiger partial charge in [0.25, 0.3) is 0 Å². The molecule has 0 spiro atoms. The van der Waals surface area contributed by atoms with E-state index in [0.29, 0.717) is 19.6 Å². The zero-order valence-electron chi connectivity index (χ0n) is 8.94. The summed E-state index contributed by atoms with van der Waals surface area (Å²) in [6, 6.07) is 5.88. The number of ether oxygens (including phenoxy) is 1. The Morgan fingerprint density at radius 3 is 2.65 bits per heavy atom. The Balaban J connectivity index is 1.96. The van der Waals surface area contributed by atoms with Crippen molar-refractivity contribution in [3.05, 3.63) is 29.8 Å². The van der Waals surface area contributed by atoms with Crippen LogP contribution in [0.1, 0.15) is 5.56 Å². The minimum Gasteiger partial charge on any atom is -0.406 e. The van der Waals surface area contributed by atoms with Crippen LogP contribution >= 0.6 is 0 Å². The maximum Gasteiger partial charge on any atom is 0.573 e. The van der Waals surface area contributed by atoms with Crippen molar-refractivity contribution in [2.75, 3.05) is 13.1 Å². The number of nitrogens with zero attached hydrogens (tertiary/aromatic N) is 1. The van der Waals surface area contributed by atoms with Gasteiger partial charge in [-0.2, -0.15) is 0 Å². The van der Waals surface area contributed by atoms with Gasteiger partial charge >= 0.3 is 6.36 Å². The lowest BCUT2D eigenvalue weighted by Gasteiger charge is -2.35. The minimum absolute atomic E-state index is 0.212. The largest absolute Gasteiger partial charge is 0.573 e. The van der Waals surface area contributed by atoms with Crippen LogP contribution in [0.2, 0.25) is 0 Å². The Bertz CT molecular complexity index is 389. The van der Waals surface area contributed by atoms with Gasteiger partial charge in [0.05, 0.1) is 6.10 Å². The molecule has 0 atom stereocenters. The number of halogens is 3. The maximum atomic E-state index is 12.0. The van der Waals surface area contributed by atoms with Gasteiger partial charge in [-0.05, 0) is 17.7 Å². The summed E-state index contributed by atoms with van der Waals surface area (Å²) in [7, 11) is 0. The van der Waals surface area contributed by atoms with Crippen LogP contribution in [-0.2, 0) is 6.54 Å². The second-order valence-corrected chi connectivity index (χ2v) is 4.04. The third kappa shape index (κ3) is 3.61. The number of alkyl halides is 3. The molecule has 0 aromatic heterocycles. The molecule has 17 heavy (non-hydrogen) atoms. The van der Waals surface area contributed by atoms with Crippen LogP contribution in [0.15, 0.2) is 24.3 Å². The summed E-state index contributed by atoms with van der Waals surface area (Å²) in [6.45, 7) is 1.64. The fraction of sp³-hybridized carbons (Fsp3) is 0.455. The average molecular weight is 247 g/mol. The number of aliphatic hydroxyl groups is 1. The molecule has 1 heterocycles. The number of benzene rings is 1. The van der Waals surface area contributed by atoms with Crippen LogP contribution in [-0.4, -0.2) is 35.6 Å². The molecule has 0 radical (unpaired) electrons. The summed E-state index contributed by atoms with van der Waals surface area (Å²) in [4.78, 5) is 1.94. The van der Waals surface area contributed by atoms with E-state index in [0.717, 1.165) is 5.56 Å². The topological polar surface area (TPSA) is 32.7 Å². The highest BCUT2D eigenvalue weighted by atomic mass is 19.4. The second-order valence-electron chi connectivity index (χ2n) is 4.04. The Labute approximate surface area is 96.4 Å². The molecule has 0 bridgehead atoms. The first-order chi connectivity index (χ1) is 7.92. The van der Waals surface area contributed by atoms with Crippen LogP contribution in [0.3, 0.4) is 0 Å². The van der Waals surface area contributed by atoms with Gasteiger partial charge < -0.3 is 9.84 Å². The van der Waals surface area contributed by atoms with Crippen LogP contribution < -0.4 is 4.74 Å². The molecule has 3 nitrogen and oxygen atoms in total. The highest BCUT2D eigenvalue weighted by Gasteiger charge is 2.31. The number of hydrogen-bond donors (Lipinski definition) is 1. The van der Waals surface area contributed by atoms with E-state index < -0.39 is 6.36 Å². The Kier molecular flexibility index (Phi) is 3.26. The lowest BCUT2D eigenvalue weighted by atomic mass is 10.1. The summed E-state index contributed by atoms with van der Waals surface area (Å²) in [6.07, 6.45) is -4.98. The van der Waals surface area contributed by atoms with Crippen molar-refractivity contribution < 1.29 is 23.0 Å². The molecule has 0 amide bonds. The Morgan fingerprint density at radius 2 is 2.06 bits per heavy atom. The van der Waals surface area contributed by atoms with E-state index >= 15 is 0 Å². The van der Waals surface area contributed by atoms with Crippen molar-refractivity contribution in [3.8, 4) is 5.75 Å². The average Bonchev–Trinajstić information content (AvgIpc) is 2.13. The first kappa shape index (κ1) is 12.2. The normalized spacial score (nSPS) is 17.9. The highest BCUT2D eigenvalue weighted by Crippen LogP contribution is 2.24. The Hall–Kier alpha value is -1.27. The van der Waals surface area contributed by atoms with Gasteiger partial charge in [0.15, 0.2) is 0 Å².